The van der Waals surface area contributed by atoms with Crippen molar-refractivity contribution in [3.63, 3.8) is 0 Å². The Morgan fingerprint density at radius 3 is 2.54 bits per heavy atom. The van der Waals surface area contributed by atoms with E-state index in [4.69, 9.17) is 10.5 Å². The van der Waals surface area contributed by atoms with Gasteiger partial charge in [0.2, 0.25) is 0 Å². The van der Waals surface area contributed by atoms with Gasteiger partial charge in [-0.15, -0.1) is 0 Å². The van der Waals surface area contributed by atoms with Crippen LogP contribution in [0.15, 0.2) is 24.3 Å². The number of hydrogen-bond acceptors (Lipinski definition) is 2. The molecule has 0 saturated carbocycles. The summed E-state index contributed by atoms with van der Waals surface area (Å²) in [5.74, 6) is 0.870. The zero-order valence-electron chi connectivity index (χ0n) is 8.50. The van der Waals surface area contributed by atoms with Crippen LogP contribution >= 0.6 is 0 Å². The second-order valence-electron chi connectivity index (χ2n) is 3.47. The van der Waals surface area contributed by atoms with Crippen LogP contribution in [0, 0.1) is 0 Å². The molecule has 0 aliphatic rings. The van der Waals surface area contributed by atoms with Gasteiger partial charge in [-0.3, -0.25) is 0 Å². The lowest BCUT2D eigenvalue weighted by molar-refractivity contribution is 0.383. The molecular formula is C11H17NO. The molecule has 0 aliphatic heterocycles. The van der Waals surface area contributed by atoms with Gasteiger partial charge in [0.25, 0.3) is 0 Å². The first-order valence-electron chi connectivity index (χ1n) is 4.54. The number of ether oxygens (including phenoxy) is 1. The summed E-state index contributed by atoms with van der Waals surface area (Å²) < 4.78 is 5.25. The Morgan fingerprint density at radius 1 is 1.38 bits per heavy atom. The van der Waals surface area contributed by atoms with Gasteiger partial charge in [0.15, 0.2) is 0 Å². The molecule has 2 N–H and O–H groups in total. The Bertz CT molecular complexity index is 281. The van der Waals surface area contributed by atoms with Crippen molar-refractivity contribution < 1.29 is 4.74 Å². The molecule has 72 valence electrons. The van der Waals surface area contributed by atoms with Crippen LogP contribution in [0.3, 0.4) is 0 Å². The van der Waals surface area contributed by atoms with Crippen molar-refractivity contribution in [2.75, 3.05) is 7.11 Å². The molecule has 0 radical (unpaired) electrons. The highest BCUT2D eigenvalue weighted by Crippen LogP contribution is 2.29. The van der Waals surface area contributed by atoms with Crippen LogP contribution in [0.5, 0.6) is 5.75 Å². The standard InChI is InChI=1S/C11H17NO/c1-4-11(2,12)9-7-5-6-8-10(9)13-3/h5-8H,4,12H2,1-3H3/t11-/m0/s1. The van der Waals surface area contributed by atoms with Crippen molar-refractivity contribution in [3.8, 4) is 5.75 Å². The van der Waals surface area contributed by atoms with Gasteiger partial charge in [0, 0.05) is 11.1 Å². The summed E-state index contributed by atoms with van der Waals surface area (Å²) in [6.07, 6.45) is 0.896. The number of rotatable bonds is 3. The number of nitrogens with two attached hydrogens (primary N) is 1. The van der Waals surface area contributed by atoms with Gasteiger partial charge < -0.3 is 10.5 Å². The van der Waals surface area contributed by atoms with E-state index in [0.717, 1.165) is 17.7 Å². The maximum Gasteiger partial charge on any atom is 0.123 e. The van der Waals surface area contributed by atoms with Crippen LogP contribution in [0.4, 0.5) is 0 Å². The second kappa shape index (κ2) is 3.79. The number of para-hydroxylation sites is 1. The van der Waals surface area contributed by atoms with Crippen LogP contribution in [-0.2, 0) is 5.54 Å². The lowest BCUT2D eigenvalue weighted by atomic mass is 9.90. The Balaban J connectivity index is 3.12. The van der Waals surface area contributed by atoms with Crippen molar-refractivity contribution in [1.82, 2.24) is 0 Å². The highest BCUT2D eigenvalue weighted by Gasteiger charge is 2.21. The molecule has 0 bridgehead atoms. The summed E-state index contributed by atoms with van der Waals surface area (Å²) in [7, 11) is 1.67. The molecule has 1 atom stereocenters. The van der Waals surface area contributed by atoms with Gasteiger partial charge >= 0.3 is 0 Å². The van der Waals surface area contributed by atoms with E-state index in [0.29, 0.717) is 0 Å². The normalized spacial score (nSPS) is 15.1. The van der Waals surface area contributed by atoms with E-state index in [9.17, 15) is 0 Å². The predicted molar refractivity (Wildman–Crippen MR) is 54.8 cm³/mol. The molecule has 0 fully saturated rings. The SMILES string of the molecule is CC[C@](C)(N)c1ccccc1OC. The Hall–Kier alpha value is -1.02. The molecule has 2 nitrogen and oxygen atoms in total. The number of benzene rings is 1. The van der Waals surface area contributed by atoms with Crippen molar-refractivity contribution in [3.05, 3.63) is 29.8 Å². The molecule has 0 spiro atoms. The molecule has 0 aromatic heterocycles. The third-order valence-electron chi connectivity index (χ3n) is 2.46. The smallest absolute Gasteiger partial charge is 0.123 e. The van der Waals surface area contributed by atoms with Gasteiger partial charge in [-0.2, -0.15) is 0 Å². The van der Waals surface area contributed by atoms with E-state index in [1.807, 2.05) is 31.2 Å². The molecule has 1 aromatic carbocycles. The maximum absolute atomic E-state index is 6.13. The zero-order chi connectivity index (χ0) is 9.90. The lowest BCUT2D eigenvalue weighted by Gasteiger charge is -2.25. The van der Waals surface area contributed by atoms with Crippen molar-refractivity contribution in [1.29, 1.82) is 0 Å². The zero-order valence-corrected chi connectivity index (χ0v) is 8.50. The third-order valence-corrected chi connectivity index (χ3v) is 2.46. The summed E-state index contributed by atoms with van der Waals surface area (Å²) in [4.78, 5) is 0. The highest BCUT2D eigenvalue weighted by molar-refractivity contribution is 5.38. The van der Waals surface area contributed by atoms with Crippen LogP contribution in [0.25, 0.3) is 0 Å². The average Bonchev–Trinajstić information content (AvgIpc) is 2.18. The summed E-state index contributed by atoms with van der Waals surface area (Å²) in [5, 5.41) is 0. The fourth-order valence-corrected chi connectivity index (χ4v) is 1.31. The molecule has 2 heteroatoms. The van der Waals surface area contributed by atoms with Crippen molar-refractivity contribution in [2.45, 2.75) is 25.8 Å². The number of methoxy groups -OCH3 is 1. The van der Waals surface area contributed by atoms with E-state index in [-0.39, 0.29) is 5.54 Å². The van der Waals surface area contributed by atoms with Gasteiger partial charge in [-0.05, 0) is 19.4 Å². The molecule has 1 rings (SSSR count). The quantitative estimate of drug-likeness (QED) is 0.772. The summed E-state index contributed by atoms with van der Waals surface area (Å²) in [6, 6.07) is 7.89. The van der Waals surface area contributed by atoms with Crippen LogP contribution in [-0.4, -0.2) is 7.11 Å². The van der Waals surface area contributed by atoms with Crippen LogP contribution in [0.1, 0.15) is 25.8 Å². The number of hydrogen-bond donors (Lipinski definition) is 1. The Morgan fingerprint density at radius 2 is 2.00 bits per heavy atom. The summed E-state index contributed by atoms with van der Waals surface area (Å²) in [6.45, 7) is 4.09. The lowest BCUT2D eigenvalue weighted by Crippen LogP contribution is -2.32. The molecule has 0 unspecified atom stereocenters. The van der Waals surface area contributed by atoms with E-state index in [1.165, 1.54) is 0 Å². The summed E-state index contributed by atoms with van der Waals surface area (Å²) >= 11 is 0. The minimum atomic E-state index is -0.299. The molecule has 0 heterocycles. The summed E-state index contributed by atoms with van der Waals surface area (Å²) in [5.41, 5.74) is 6.90. The van der Waals surface area contributed by atoms with Crippen molar-refractivity contribution in [2.24, 2.45) is 5.73 Å². The first kappa shape index (κ1) is 10.1. The monoisotopic (exact) mass is 179 g/mol. The Labute approximate surface area is 79.7 Å². The molecular weight excluding hydrogens is 162 g/mol. The second-order valence-corrected chi connectivity index (χ2v) is 3.47. The first-order chi connectivity index (χ1) is 6.11. The molecule has 0 amide bonds. The minimum Gasteiger partial charge on any atom is -0.496 e. The molecule has 0 saturated heterocycles. The van der Waals surface area contributed by atoms with E-state index < -0.39 is 0 Å². The molecule has 13 heavy (non-hydrogen) atoms. The highest BCUT2D eigenvalue weighted by atomic mass is 16.5. The third kappa shape index (κ3) is 2.01. The Kier molecular flexibility index (Phi) is 2.94. The van der Waals surface area contributed by atoms with Crippen LogP contribution in [0.2, 0.25) is 0 Å². The van der Waals surface area contributed by atoms with Gasteiger partial charge in [-0.25, -0.2) is 0 Å². The maximum atomic E-state index is 6.13. The van der Waals surface area contributed by atoms with Gasteiger partial charge in [0.1, 0.15) is 5.75 Å². The van der Waals surface area contributed by atoms with Crippen molar-refractivity contribution >= 4 is 0 Å². The fraction of sp³-hybridized carbons (Fsp3) is 0.455. The van der Waals surface area contributed by atoms with E-state index >= 15 is 0 Å². The first-order valence-corrected chi connectivity index (χ1v) is 4.54. The molecule has 1 aromatic rings. The van der Waals surface area contributed by atoms with E-state index in [2.05, 4.69) is 6.92 Å². The topological polar surface area (TPSA) is 35.2 Å². The average molecular weight is 179 g/mol. The fourth-order valence-electron chi connectivity index (χ4n) is 1.31. The van der Waals surface area contributed by atoms with E-state index in [1.54, 1.807) is 7.11 Å². The van der Waals surface area contributed by atoms with Gasteiger partial charge in [0.05, 0.1) is 7.11 Å². The molecule has 0 aliphatic carbocycles. The van der Waals surface area contributed by atoms with Crippen LogP contribution < -0.4 is 10.5 Å². The largest absolute Gasteiger partial charge is 0.496 e. The minimum absolute atomic E-state index is 0.299. The van der Waals surface area contributed by atoms with Gasteiger partial charge in [-0.1, -0.05) is 25.1 Å². The predicted octanol–water partition coefficient (Wildman–Crippen LogP) is 2.28.